The van der Waals surface area contributed by atoms with Crippen molar-refractivity contribution in [1.29, 1.82) is 0 Å². The van der Waals surface area contributed by atoms with Crippen molar-refractivity contribution in [2.75, 3.05) is 6.61 Å². The molecule has 4 rings (SSSR count). The predicted octanol–water partition coefficient (Wildman–Crippen LogP) is 7.41. The first-order valence-corrected chi connectivity index (χ1v) is 10.7. The Morgan fingerprint density at radius 3 is 2.06 bits per heavy atom. The van der Waals surface area contributed by atoms with E-state index in [1.54, 1.807) is 6.07 Å². The molecule has 31 heavy (non-hydrogen) atoms. The van der Waals surface area contributed by atoms with Gasteiger partial charge in [0.1, 0.15) is 5.82 Å². The maximum Gasteiger partial charge on any atom is 0.187 e. The van der Waals surface area contributed by atoms with Crippen molar-refractivity contribution in [1.82, 2.24) is 0 Å². The topological polar surface area (TPSA) is 29.5 Å². The first kappa shape index (κ1) is 21.4. The molecule has 1 aliphatic rings. The van der Waals surface area contributed by atoms with Crippen LogP contribution in [0.5, 0.6) is 5.75 Å². The second kappa shape index (κ2) is 9.15. The van der Waals surface area contributed by atoms with Crippen molar-refractivity contribution in [2.24, 2.45) is 5.92 Å². The van der Waals surface area contributed by atoms with Crippen LogP contribution in [0.3, 0.4) is 0 Å². The van der Waals surface area contributed by atoms with Crippen LogP contribution < -0.4 is 0 Å². The van der Waals surface area contributed by atoms with Crippen molar-refractivity contribution in [3.8, 4) is 28.0 Å². The minimum atomic E-state index is -1.12. The van der Waals surface area contributed by atoms with Crippen LogP contribution in [0.25, 0.3) is 22.3 Å². The molecule has 1 aliphatic heterocycles. The van der Waals surface area contributed by atoms with Crippen molar-refractivity contribution in [2.45, 2.75) is 38.7 Å². The Labute approximate surface area is 180 Å². The van der Waals surface area contributed by atoms with Crippen LogP contribution in [-0.4, -0.2) is 11.7 Å². The molecule has 3 aromatic carbocycles. The Kier molecular flexibility index (Phi) is 6.33. The molecule has 0 spiro atoms. The molecule has 5 heteroatoms. The van der Waals surface area contributed by atoms with E-state index in [-0.39, 0.29) is 17.2 Å². The number of benzene rings is 3. The van der Waals surface area contributed by atoms with Gasteiger partial charge in [0.15, 0.2) is 17.4 Å². The second-order valence-corrected chi connectivity index (χ2v) is 8.16. The molecule has 2 atom stereocenters. The molecule has 3 aromatic rings. The minimum Gasteiger partial charge on any atom is -0.503 e. The fraction of sp³-hybridized carbons (Fsp3) is 0.308. The molecule has 2 nitrogen and oxygen atoms in total. The van der Waals surface area contributed by atoms with Gasteiger partial charge in [-0.3, -0.25) is 0 Å². The Bertz CT molecular complexity index is 1030. The second-order valence-electron chi connectivity index (χ2n) is 8.16. The molecule has 0 amide bonds. The largest absolute Gasteiger partial charge is 0.503 e. The van der Waals surface area contributed by atoms with Crippen molar-refractivity contribution in [3.63, 3.8) is 0 Å². The highest BCUT2D eigenvalue weighted by molar-refractivity contribution is 5.71. The zero-order valence-electron chi connectivity index (χ0n) is 17.4. The fourth-order valence-corrected chi connectivity index (χ4v) is 4.24. The summed E-state index contributed by atoms with van der Waals surface area (Å²) < 4.78 is 48.0. The zero-order chi connectivity index (χ0) is 22.0. The first-order valence-electron chi connectivity index (χ1n) is 10.7. The number of aromatic hydroxyl groups is 1. The molecule has 162 valence electrons. The molecule has 0 aromatic heterocycles. The van der Waals surface area contributed by atoms with Gasteiger partial charge in [-0.25, -0.2) is 13.2 Å². The number of hydrogen-bond donors (Lipinski definition) is 1. The van der Waals surface area contributed by atoms with Gasteiger partial charge >= 0.3 is 0 Å². The van der Waals surface area contributed by atoms with Gasteiger partial charge in [-0.1, -0.05) is 49.7 Å². The Morgan fingerprint density at radius 1 is 0.839 bits per heavy atom. The number of phenols is 1. The molecule has 0 saturated carbocycles. The van der Waals surface area contributed by atoms with Gasteiger partial charge in [0.2, 0.25) is 0 Å². The highest BCUT2D eigenvalue weighted by Gasteiger charge is 2.22. The van der Waals surface area contributed by atoms with Gasteiger partial charge in [-0.05, 0) is 65.6 Å². The first-order chi connectivity index (χ1) is 15.0. The van der Waals surface area contributed by atoms with Crippen LogP contribution >= 0.6 is 0 Å². The number of phenolic OH excluding ortho intramolecular Hbond substituents is 1. The quantitative estimate of drug-likeness (QED) is 0.460. The van der Waals surface area contributed by atoms with E-state index in [2.05, 4.69) is 6.92 Å². The Hall–Kier alpha value is -2.79. The van der Waals surface area contributed by atoms with Gasteiger partial charge < -0.3 is 9.84 Å². The Balaban J connectivity index is 1.51. The van der Waals surface area contributed by atoms with Crippen molar-refractivity contribution in [3.05, 3.63) is 77.6 Å². The van der Waals surface area contributed by atoms with E-state index >= 15 is 0 Å². The highest BCUT2D eigenvalue weighted by atomic mass is 19.1. The van der Waals surface area contributed by atoms with Crippen molar-refractivity contribution < 1.29 is 23.0 Å². The van der Waals surface area contributed by atoms with E-state index in [1.165, 1.54) is 31.4 Å². The summed E-state index contributed by atoms with van der Waals surface area (Å²) in [5.41, 5.74) is 2.72. The molecular formula is C26H25F3O2. The van der Waals surface area contributed by atoms with Gasteiger partial charge in [0.05, 0.1) is 12.7 Å². The number of hydrogen-bond acceptors (Lipinski definition) is 2. The standard InChI is InChI=1S/C26H25F3O2/c1-2-3-16-4-11-25(31-15-16)18-7-5-17(6-8-18)19-9-10-21(22(27)12-19)20-13-23(28)26(30)24(29)14-20/h5-10,12-14,16,25,30H,2-4,11,15H2,1H3. The summed E-state index contributed by atoms with van der Waals surface area (Å²) in [7, 11) is 0. The SMILES string of the molecule is CCCC1CCC(c2ccc(-c3ccc(-c4cc(F)c(O)c(F)c4)c(F)c3)cc2)OC1. The van der Waals surface area contributed by atoms with Crippen LogP contribution in [0, 0.1) is 23.4 Å². The van der Waals surface area contributed by atoms with Crippen LogP contribution in [0.1, 0.15) is 44.3 Å². The third kappa shape index (κ3) is 4.62. The lowest BCUT2D eigenvalue weighted by molar-refractivity contribution is -0.0194. The van der Waals surface area contributed by atoms with Crippen LogP contribution in [0.15, 0.2) is 54.6 Å². The van der Waals surface area contributed by atoms with E-state index in [0.29, 0.717) is 11.5 Å². The van der Waals surface area contributed by atoms with Gasteiger partial charge in [-0.2, -0.15) is 0 Å². The number of halogens is 3. The lowest BCUT2D eigenvalue weighted by Crippen LogP contribution is -2.20. The molecule has 1 saturated heterocycles. The average molecular weight is 426 g/mol. The van der Waals surface area contributed by atoms with Gasteiger partial charge in [0, 0.05) is 5.56 Å². The predicted molar refractivity (Wildman–Crippen MR) is 115 cm³/mol. The summed E-state index contributed by atoms with van der Waals surface area (Å²) >= 11 is 0. The minimum absolute atomic E-state index is 0.0306. The highest BCUT2D eigenvalue weighted by Crippen LogP contribution is 2.35. The average Bonchev–Trinajstić information content (AvgIpc) is 2.78. The van der Waals surface area contributed by atoms with Gasteiger partial charge in [-0.15, -0.1) is 0 Å². The zero-order valence-corrected chi connectivity index (χ0v) is 17.4. The molecule has 0 bridgehead atoms. The van der Waals surface area contributed by atoms with E-state index < -0.39 is 23.2 Å². The molecular weight excluding hydrogens is 401 g/mol. The summed E-state index contributed by atoms with van der Waals surface area (Å²) in [6.45, 7) is 2.99. The third-order valence-corrected chi connectivity index (χ3v) is 5.98. The molecule has 1 N–H and O–H groups in total. The number of rotatable bonds is 5. The van der Waals surface area contributed by atoms with E-state index in [0.717, 1.165) is 36.3 Å². The van der Waals surface area contributed by atoms with Crippen LogP contribution in [-0.2, 0) is 4.74 Å². The smallest absolute Gasteiger partial charge is 0.187 e. The maximum atomic E-state index is 14.7. The molecule has 2 unspecified atom stereocenters. The summed E-state index contributed by atoms with van der Waals surface area (Å²) in [4.78, 5) is 0. The maximum absolute atomic E-state index is 14.7. The van der Waals surface area contributed by atoms with E-state index in [4.69, 9.17) is 4.74 Å². The fourth-order valence-electron chi connectivity index (χ4n) is 4.24. The molecule has 0 aliphatic carbocycles. The molecule has 1 fully saturated rings. The van der Waals surface area contributed by atoms with Crippen LogP contribution in [0.4, 0.5) is 13.2 Å². The van der Waals surface area contributed by atoms with Crippen molar-refractivity contribution >= 4 is 0 Å². The number of ether oxygens (including phenoxy) is 1. The Morgan fingerprint density at radius 2 is 1.48 bits per heavy atom. The summed E-state index contributed by atoms with van der Waals surface area (Å²) in [6.07, 6.45) is 4.66. The van der Waals surface area contributed by atoms with E-state index in [9.17, 15) is 18.3 Å². The van der Waals surface area contributed by atoms with Gasteiger partial charge in [0.25, 0.3) is 0 Å². The summed E-state index contributed by atoms with van der Waals surface area (Å²) in [5, 5.41) is 9.24. The lowest BCUT2D eigenvalue weighted by atomic mass is 9.91. The third-order valence-electron chi connectivity index (χ3n) is 5.98. The summed E-state index contributed by atoms with van der Waals surface area (Å²) in [5.74, 6) is -3.26. The lowest BCUT2D eigenvalue weighted by Gasteiger charge is -2.29. The summed E-state index contributed by atoms with van der Waals surface area (Å²) in [6, 6.07) is 14.3. The molecule has 1 heterocycles. The molecule has 0 radical (unpaired) electrons. The monoisotopic (exact) mass is 426 g/mol. The van der Waals surface area contributed by atoms with E-state index in [1.807, 2.05) is 24.3 Å². The normalized spacial score (nSPS) is 18.8. The van der Waals surface area contributed by atoms with Crippen LogP contribution in [0.2, 0.25) is 0 Å².